The van der Waals surface area contributed by atoms with Crippen LogP contribution in [-0.2, 0) is 6.54 Å². The number of aryl methyl sites for hydroxylation is 1. The lowest BCUT2D eigenvalue weighted by Gasteiger charge is -2.15. The Labute approximate surface area is 150 Å². The lowest BCUT2D eigenvalue weighted by molar-refractivity contribution is 0.0885. The molecule has 1 heterocycles. The molecule has 3 aromatic rings. The quantitative estimate of drug-likeness (QED) is 0.764. The molecule has 1 atom stereocenters. The Bertz CT molecular complexity index is 1050. The first-order valence-electron chi connectivity index (χ1n) is 8.28. The van der Waals surface area contributed by atoms with E-state index in [4.69, 9.17) is 10.00 Å². The van der Waals surface area contributed by atoms with Gasteiger partial charge < -0.3 is 9.84 Å². The number of aliphatic hydroxyl groups excluding tert-OH is 1. The van der Waals surface area contributed by atoms with Crippen molar-refractivity contribution in [3.05, 3.63) is 69.6 Å². The van der Waals surface area contributed by atoms with Gasteiger partial charge in [0.05, 0.1) is 12.2 Å². The van der Waals surface area contributed by atoms with Crippen LogP contribution in [0.5, 0.6) is 5.75 Å². The Hall–Kier alpha value is -3.17. The van der Waals surface area contributed by atoms with E-state index in [1.165, 1.54) is 0 Å². The van der Waals surface area contributed by atoms with E-state index in [0.717, 1.165) is 15.5 Å². The van der Waals surface area contributed by atoms with Crippen molar-refractivity contribution in [3.63, 3.8) is 0 Å². The molecule has 1 N–H and O–H groups in total. The van der Waals surface area contributed by atoms with Crippen molar-refractivity contribution < 1.29 is 9.84 Å². The molecule has 0 radical (unpaired) electrons. The van der Waals surface area contributed by atoms with E-state index in [9.17, 15) is 9.90 Å². The summed E-state index contributed by atoms with van der Waals surface area (Å²) in [5.74, 6) is 0.667. The molecule has 0 aliphatic rings. The molecule has 3 rings (SSSR count). The summed E-state index contributed by atoms with van der Waals surface area (Å²) in [6.45, 7) is 3.38. The molecule has 0 bridgehead atoms. The number of hydrogen-bond donors (Lipinski definition) is 1. The van der Waals surface area contributed by atoms with Crippen molar-refractivity contribution >= 4 is 10.8 Å². The molecule has 0 fully saturated rings. The monoisotopic (exact) mass is 349 g/mol. The lowest BCUT2D eigenvalue weighted by atomic mass is 10.1. The van der Waals surface area contributed by atoms with Gasteiger partial charge in [0.2, 0.25) is 0 Å². The lowest BCUT2D eigenvalue weighted by Crippen LogP contribution is -2.34. The Kier molecular flexibility index (Phi) is 5.01. The van der Waals surface area contributed by atoms with Gasteiger partial charge in [-0.05, 0) is 30.9 Å². The molecule has 1 aromatic heterocycles. The van der Waals surface area contributed by atoms with Gasteiger partial charge in [0.25, 0.3) is 5.56 Å². The Morgan fingerprint density at radius 3 is 2.73 bits per heavy atom. The summed E-state index contributed by atoms with van der Waals surface area (Å²) in [5.41, 5.74) is 0.707. The number of aromatic nitrogens is 2. The summed E-state index contributed by atoms with van der Waals surface area (Å²) >= 11 is 0. The Morgan fingerprint density at radius 2 is 1.96 bits per heavy atom. The van der Waals surface area contributed by atoms with Gasteiger partial charge in [-0.25, -0.2) is 4.68 Å². The molecule has 6 nitrogen and oxygen atoms in total. The van der Waals surface area contributed by atoms with E-state index in [1.807, 2.05) is 48.5 Å². The van der Waals surface area contributed by atoms with Crippen LogP contribution in [0.4, 0.5) is 0 Å². The van der Waals surface area contributed by atoms with Gasteiger partial charge in [-0.2, -0.15) is 10.4 Å². The molecule has 2 aromatic carbocycles. The van der Waals surface area contributed by atoms with Crippen LogP contribution in [0, 0.1) is 25.2 Å². The standard InChI is InChI=1S/C20H19N3O3/c1-13-14(2)22-23(20(25)18(13)10-21)11-16(24)12-26-19-9-5-7-15-6-3-4-8-17(15)19/h3-9,16,24H,11-12H2,1-2H3. The van der Waals surface area contributed by atoms with Gasteiger partial charge in [-0.1, -0.05) is 36.4 Å². The maximum Gasteiger partial charge on any atom is 0.285 e. The second-order valence-electron chi connectivity index (χ2n) is 6.13. The molecular formula is C20H19N3O3. The molecule has 6 heteroatoms. The van der Waals surface area contributed by atoms with E-state index in [0.29, 0.717) is 17.0 Å². The largest absolute Gasteiger partial charge is 0.490 e. The minimum Gasteiger partial charge on any atom is -0.490 e. The molecule has 0 amide bonds. The van der Waals surface area contributed by atoms with Gasteiger partial charge in [-0.15, -0.1) is 0 Å². The van der Waals surface area contributed by atoms with Crippen LogP contribution in [0.15, 0.2) is 47.3 Å². The molecule has 0 saturated carbocycles. The van der Waals surface area contributed by atoms with Crippen molar-refractivity contribution in [3.8, 4) is 11.8 Å². The van der Waals surface area contributed by atoms with Crippen molar-refractivity contribution in [2.75, 3.05) is 6.61 Å². The van der Waals surface area contributed by atoms with Crippen LogP contribution < -0.4 is 10.3 Å². The first-order valence-corrected chi connectivity index (χ1v) is 8.28. The molecule has 0 aliphatic carbocycles. The van der Waals surface area contributed by atoms with Gasteiger partial charge in [0.15, 0.2) is 0 Å². The summed E-state index contributed by atoms with van der Waals surface area (Å²) < 4.78 is 6.87. The molecule has 0 aliphatic heterocycles. The van der Waals surface area contributed by atoms with E-state index in [-0.39, 0.29) is 18.7 Å². The van der Waals surface area contributed by atoms with E-state index < -0.39 is 11.7 Å². The Morgan fingerprint density at radius 1 is 1.23 bits per heavy atom. The molecule has 1 unspecified atom stereocenters. The van der Waals surface area contributed by atoms with Crippen LogP contribution in [0.25, 0.3) is 10.8 Å². The maximum atomic E-state index is 12.3. The number of ether oxygens (including phenoxy) is 1. The van der Waals surface area contributed by atoms with Crippen LogP contribution in [0.3, 0.4) is 0 Å². The van der Waals surface area contributed by atoms with E-state index >= 15 is 0 Å². The van der Waals surface area contributed by atoms with Crippen molar-refractivity contribution in [1.82, 2.24) is 9.78 Å². The minimum atomic E-state index is -0.937. The predicted octanol–water partition coefficient (Wildman–Crippen LogP) is 2.32. The summed E-state index contributed by atoms with van der Waals surface area (Å²) in [4.78, 5) is 12.3. The highest BCUT2D eigenvalue weighted by Gasteiger charge is 2.15. The normalized spacial score (nSPS) is 11.9. The molecular weight excluding hydrogens is 330 g/mol. The number of aliphatic hydroxyl groups is 1. The smallest absolute Gasteiger partial charge is 0.285 e. The third-order valence-corrected chi connectivity index (χ3v) is 4.31. The zero-order chi connectivity index (χ0) is 18.7. The molecule has 26 heavy (non-hydrogen) atoms. The van der Waals surface area contributed by atoms with E-state index in [1.54, 1.807) is 13.8 Å². The summed E-state index contributed by atoms with van der Waals surface area (Å²) in [6.07, 6.45) is -0.937. The summed E-state index contributed by atoms with van der Waals surface area (Å²) in [6, 6.07) is 15.4. The zero-order valence-corrected chi connectivity index (χ0v) is 14.6. The van der Waals surface area contributed by atoms with Crippen LogP contribution >= 0.6 is 0 Å². The van der Waals surface area contributed by atoms with E-state index in [2.05, 4.69) is 5.10 Å². The first-order chi connectivity index (χ1) is 12.5. The number of fused-ring (bicyclic) bond motifs is 1. The number of nitrogens with zero attached hydrogens (tertiary/aromatic N) is 3. The van der Waals surface area contributed by atoms with Crippen LogP contribution in [-0.4, -0.2) is 27.6 Å². The fraction of sp³-hybridized carbons (Fsp3) is 0.250. The van der Waals surface area contributed by atoms with Gasteiger partial charge in [0, 0.05) is 5.39 Å². The third-order valence-electron chi connectivity index (χ3n) is 4.31. The summed E-state index contributed by atoms with van der Waals surface area (Å²) in [7, 11) is 0. The highest BCUT2D eigenvalue weighted by molar-refractivity contribution is 5.88. The zero-order valence-electron chi connectivity index (χ0n) is 14.6. The SMILES string of the molecule is Cc1nn(CC(O)COc2cccc3ccccc23)c(=O)c(C#N)c1C. The highest BCUT2D eigenvalue weighted by atomic mass is 16.5. The number of benzene rings is 2. The Balaban J connectivity index is 1.76. The predicted molar refractivity (Wildman–Crippen MR) is 98.1 cm³/mol. The third kappa shape index (κ3) is 3.44. The fourth-order valence-electron chi connectivity index (χ4n) is 2.79. The second-order valence-corrected chi connectivity index (χ2v) is 6.13. The van der Waals surface area contributed by atoms with Crippen molar-refractivity contribution in [2.45, 2.75) is 26.5 Å². The van der Waals surface area contributed by atoms with Gasteiger partial charge in [0.1, 0.15) is 30.1 Å². The highest BCUT2D eigenvalue weighted by Crippen LogP contribution is 2.25. The van der Waals surface area contributed by atoms with Crippen LogP contribution in [0.2, 0.25) is 0 Å². The van der Waals surface area contributed by atoms with Crippen LogP contribution in [0.1, 0.15) is 16.8 Å². The molecule has 0 spiro atoms. The second kappa shape index (κ2) is 7.38. The molecule has 0 saturated heterocycles. The van der Waals surface area contributed by atoms with Crippen molar-refractivity contribution in [2.24, 2.45) is 0 Å². The van der Waals surface area contributed by atoms with Crippen molar-refractivity contribution in [1.29, 1.82) is 5.26 Å². The minimum absolute atomic E-state index is 0.0109. The first kappa shape index (κ1) is 17.6. The average Bonchev–Trinajstić information content (AvgIpc) is 2.65. The molecule has 132 valence electrons. The maximum absolute atomic E-state index is 12.3. The fourth-order valence-corrected chi connectivity index (χ4v) is 2.79. The number of nitriles is 1. The number of rotatable bonds is 5. The summed E-state index contributed by atoms with van der Waals surface area (Å²) in [5, 5.41) is 25.6. The van der Waals surface area contributed by atoms with Gasteiger partial charge in [-0.3, -0.25) is 4.79 Å². The number of hydrogen-bond acceptors (Lipinski definition) is 5. The van der Waals surface area contributed by atoms with Gasteiger partial charge >= 0.3 is 0 Å². The average molecular weight is 349 g/mol. The topological polar surface area (TPSA) is 88.1 Å².